The van der Waals surface area contributed by atoms with Crippen LogP contribution >= 0.6 is 0 Å². The van der Waals surface area contributed by atoms with Crippen LogP contribution in [0.15, 0.2) is 67.0 Å². The van der Waals surface area contributed by atoms with E-state index >= 15 is 0 Å². The number of amides is 1. The molecule has 1 unspecified atom stereocenters. The van der Waals surface area contributed by atoms with Gasteiger partial charge in [0, 0.05) is 17.3 Å². The van der Waals surface area contributed by atoms with Crippen molar-refractivity contribution in [3.05, 3.63) is 83.8 Å². The van der Waals surface area contributed by atoms with E-state index in [0.717, 1.165) is 5.56 Å². The van der Waals surface area contributed by atoms with Crippen molar-refractivity contribution in [2.45, 2.75) is 19.9 Å². The van der Waals surface area contributed by atoms with Crippen LogP contribution in [0.1, 0.15) is 46.3 Å². The number of aromatic nitrogens is 2. The highest BCUT2D eigenvalue weighted by Gasteiger charge is 2.10. The molecule has 1 amide bonds. The molecule has 0 spiro atoms. The number of nitrogens with zero attached hydrogens (tertiary/aromatic N) is 2. The van der Waals surface area contributed by atoms with Crippen molar-refractivity contribution >= 4 is 23.2 Å². The molecule has 0 aliphatic rings. The molecule has 1 heterocycles. The summed E-state index contributed by atoms with van der Waals surface area (Å²) in [7, 11) is 0. The van der Waals surface area contributed by atoms with Crippen molar-refractivity contribution < 1.29 is 9.59 Å². The fraction of sp³-hybridized carbons (Fsp3) is 0.143. The van der Waals surface area contributed by atoms with Gasteiger partial charge in [-0.15, -0.1) is 0 Å². The fourth-order valence-corrected chi connectivity index (χ4v) is 2.55. The summed E-state index contributed by atoms with van der Waals surface area (Å²) < 4.78 is 0. The van der Waals surface area contributed by atoms with E-state index in [0.29, 0.717) is 17.1 Å². The van der Waals surface area contributed by atoms with Gasteiger partial charge in [0.25, 0.3) is 5.91 Å². The van der Waals surface area contributed by atoms with Crippen molar-refractivity contribution in [1.29, 1.82) is 0 Å². The second kappa shape index (κ2) is 8.23. The molecule has 0 saturated carbocycles. The Morgan fingerprint density at radius 1 is 0.926 bits per heavy atom. The molecule has 0 bridgehead atoms. The quantitative estimate of drug-likeness (QED) is 0.647. The summed E-state index contributed by atoms with van der Waals surface area (Å²) in [6, 6.07) is 16.8. The van der Waals surface area contributed by atoms with E-state index in [-0.39, 0.29) is 23.4 Å². The molecule has 0 saturated heterocycles. The molecule has 2 aromatic carbocycles. The van der Waals surface area contributed by atoms with Crippen LogP contribution in [0, 0.1) is 0 Å². The third-order valence-corrected chi connectivity index (χ3v) is 4.10. The number of carbonyl (C=O) groups excluding carboxylic acids is 2. The second-order valence-electron chi connectivity index (χ2n) is 6.15. The van der Waals surface area contributed by atoms with Crippen LogP contribution < -0.4 is 10.6 Å². The lowest BCUT2D eigenvalue weighted by Crippen LogP contribution is -2.15. The van der Waals surface area contributed by atoms with Crippen molar-refractivity contribution in [3.63, 3.8) is 0 Å². The van der Waals surface area contributed by atoms with Crippen LogP contribution in [0.3, 0.4) is 0 Å². The minimum Gasteiger partial charge on any atom is -0.362 e. The summed E-state index contributed by atoms with van der Waals surface area (Å²) >= 11 is 0. The molecule has 3 aromatic rings. The topological polar surface area (TPSA) is 84.0 Å². The molecular formula is C21H20N4O2. The number of ketones is 1. The van der Waals surface area contributed by atoms with Gasteiger partial charge in [0.2, 0.25) is 0 Å². The number of hydrogen-bond acceptors (Lipinski definition) is 5. The normalized spacial score (nSPS) is 11.5. The Balaban J connectivity index is 1.62. The van der Waals surface area contributed by atoms with Crippen LogP contribution in [0.4, 0.5) is 11.5 Å². The monoisotopic (exact) mass is 360 g/mol. The zero-order valence-corrected chi connectivity index (χ0v) is 15.1. The van der Waals surface area contributed by atoms with Gasteiger partial charge >= 0.3 is 0 Å². The maximum Gasteiger partial charge on any atom is 0.275 e. The predicted octanol–water partition coefficient (Wildman–Crippen LogP) is 4.10. The van der Waals surface area contributed by atoms with Crippen molar-refractivity contribution in [2.24, 2.45) is 0 Å². The Morgan fingerprint density at radius 2 is 1.63 bits per heavy atom. The number of rotatable bonds is 6. The van der Waals surface area contributed by atoms with Gasteiger partial charge in [-0.1, -0.05) is 30.3 Å². The second-order valence-corrected chi connectivity index (χ2v) is 6.15. The third-order valence-electron chi connectivity index (χ3n) is 4.10. The lowest BCUT2D eigenvalue weighted by molar-refractivity contribution is 0.101. The van der Waals surface area contributed by atoms with Gasteiger partial charge in [-0.2, -0.15) is 0 Å². The number of hydrogen-bond donors (Lipinski definition) is 2. The Morgan fingerprint density at radius 3 is 2.22 bits per heavy atom. The highest BCUT2D eigenvalue weighted by molar-refractivity contribution is 6.03. The van der Waals surface area contributed by atoms with Crippen LogP contribution in [-0.4, -0.2) is 21.7 Å². The molecule has 0 radical (unpaired) electrons. The number of anilines is 2. The lowest BCUT2D eigenvalue weighted by atomic mass is 10.1. The van der Waals surface area contributed by atoms with Gasteiger partial charge in [0.15, 0.2) is 5.78 Å². The lowest BCUT2D eigenvalue weighted by Gasteiger charge is -2.14. The van der Waals surface area contributed by atoms with Crippen LogP contribution in [0.2, 0.25) is 0 Å². The Bertz CT molecular complexity index is 923. The highest BCUT2D eigenvalue weighted by Crippen LogP contribution is 2.17. The Kier molecular flexibility index (Phi) is 5.56. The number of Topliss-reactive ketones (excluding diaryl/α,β-unsaturated/α-hetero) is 1. The molecule has 6 nitrogen and oxygen atoms in total. The summed E-state index contributed by atoms with van der Waals surface area (Å²) in [5, 5.41) is 5.99. The first-order chi connectivity index (χ1) is 13.0. The summed E-state index contributed by atoms with van der Waals surface area (Å²) in [4.78, 5) is 32.0. The zero-order chi connectivity index (χ0) is 19.2. The molecule has 27 heavy (non-hydrogen) atoms. The van der Waals surface area contributed by atoms with Gasteiger partial charge in [0.1, 0.15) is 11.5 Å². The third kappa shape index (κ3) is 4.76. The van der Waals surface area contributed by atoms with E-state index in [1.165, 1.54) is 19.3 Å². The standard InChI is InChI=1S/C21H20N4O2/c1-14(16-6-4-3-5-7-16)24-20-13-22-19(12-23-20)21(27)25-18-10-8-17(9-11-18)15(2)26/h3-14H,1-2H3,(H,23,24)(H,25,27). The fourth-order valence-electron chi connectivity index (χ4n) is 2.55. The van der Waals surface area contributed by atoms with Gasteiger partial charge < -0.3 is 10.6 Å². The summed E-state index contributed by atoms with van der Waals surface area (Å²) in [6.45, 7) is 3.53. The molecule has 0 aliphatic heterocycles. The van der Waals surface area contributed by atoms with E-state index in [4.69, 9.17) is 0 Å². The SMILES string of the molecule is CC(=O)c1ccc(NC(=O)c2cnc(NC(C)c3ccccc3)cn2)cc1. The summed E-state index contributed by atoms with van der Waals surface area (Å²) in [6.07, 6.45) is 2.96. The minimum absolute atomic E-state index is 0.0217. The van der Waals surface area contributed by atoms with Gasteiger partial charge in [-0.05, 0) is 43.7 Å². The molecule has 2 N–H and O–H groups in total. The molecule has 0 fully saturated rings. The molecule has 1 aromatic heterocycles. The van der Waals surface area contributed by atoms with Gasteiger partial charge in [-0.25, -0.2) is 9.97 Å². The van der Waals surface area contributed by atoms with Gasteiger partial charge in [-0.3, -0.25) is 9.59 Å². The molecule has 3 rings (SSSR count). The summed E-state index contributed by atoms with van der Waals surface area (Å²) in [5.74, 6) is 0.209. The predicted molar refractivity (Wildman–Crippen MR) is 105 cm³/mol. The molecule has 1 atom stereocenters. The first-order valence-electron chi connectivity index (χ1n) is 8.59. The first kappa shape index (κ1) is 18.3. The van der Waals surface area contributed by atoms with Crippen LogP contribution in [-0.2, 0) is 0 Å². The van der Waals surface area contributed by atoms with Crippen molar-refractivity contribution in [3.8, 4) is 0 Å². The zero-order valence-electron chi connectivity index (χ0n) is 15.1. The summed E-state index contributed by atoms with van der Waals surface area (Å²) in [5.41, 5.74) is 2.53. The van der Waals surface area contributed by atoms with E-state index in [9.17, 15) is 9.59 Å². The minimum atomic E-state index is -0.360. The Labute approximate surface area is 157 Å². The van der Waals surface area contributed by atoms with Crippen molar-refractivity contribution in [1.82, 2.24) is 9.97 Å². The number of benzene rings is 2. The average Bonchev–Trinajstić information content (AvgIpc) is 2.69. The number of carbonyl (C=O) groups is 2. The molecule has 6 heteroatoms. The maximum absolute atomic E-state index is 12.3. The average molecular weight is 360 g/mol. The highest BCUT2D eigenvalue weighted by atomic mass is 16.2. The molecule has 136 valence electrons. The van der Waals surface area contributed by atoms with E-state index in [1.54, 1.807) is 24.3 Å². The smallest absolute Gasteiger partial charge is 0.275 e. The van der Waals surface area contributed by atoms with E-state index in [2.05, 4.69) is 20.6 Å². The van der Waals surface area contributed by atoms with E-state index in [1.807, 2.05) is 37.3 Å². The van der Waals surface area contributed by atoms with Crippen LogP contribution in [0.25, 0.3) is 0 Å². The van der Waals surface area contributed by atoms with Crippen LogP contribution in [0.5, 0.6) is 0 Å². The molecule has 0 aliphatic carbocycles. The maximum atomic E-state index is 12.3. The number of nitrogens with one attached hydrogen (secondary N) is 2. The van der Waals surface area contributed by atoms with Gasteiger partial charge in [0.05, 0.1) is 12.4 Å². The molecular weight excluding hydrogens is 340 g/mol. The largest absolute Gasteiger partial charge is 0.362 e. The van der Waals surface area contributed by atoms with E-state index < -0.39 is 0 Å². The van der Waals surface area contributed by atoms with Crippen molar-refractivity contribution in [2.75, 3.05) is 10.6 Å². The Hall–Kier alpha value is -3.54. The first-order valence-corrected chi connectivity index (χ1v) is 8.59.